The molecule has 0 radical (unpaired) electrons. The van der Waals surface area contributed by atoms with Gasteiger partial charge in [0, 0.05) is 6.04 Å². The molecule has 0 aliphatic heterocycles. The minimum atomic E-state index is 0.717. The van der Waals surface area contributed by atoms with Gasteiger partial charge in [0.05, 0.1) is 7.11 Å². The maximum atomic E-state index is 5.19. The summed E-state index contributed by atoms with van der Waals surface area (Å²) in [4.78, 5) is 2.24. The van der Waals surface area contributed by atoms with E-state index in [2.05, 4.69) is 48.6 Å². The fourth-order valence-electron chi connectivity index (χ4n) is 2.63. The van der Waals surface area contributed by atoms with Crippen LogP contribution < -0.4 is 10.1 Å². The Morgan fingerprint density at radius 2 is 1.89 bits per heavy atom. The van der Waals surface area contributed by atoms with Crippen molar-refractivity contribution < 1.29 is 4.74 Å². The summed E-state index contributed by atoms with van der Waals surface area (Å²) in [6.45, 7) is 2.31. The lowest BCUT2D eigenvalue weighted by Gasteiger charge is -2.36. The van der Waals surface area contributed by atoms with Crippen LogP contribution in [0.5, 0.6) is 5.75 Å². The zero-order valence-corrected chi connectivity index (χ0v) is 12.4. The van der Waals surface area contributed by atoms with Crippen LogP contribution in [-0.2, 0) is 0 Å². The molecule has 0 aromatic heterocycles. The van der Waals surface area contributed by atoms with Crippen molar-refractivity contribution in [2.75, 3.05) is 34.3 Å². The lowest BCUT2D eigenvalue weighted by Crippen LogP contribution is -2.41. The number of benzene rings is 1. The molecule has 0 unspecified atom stereocenters. The Morgan fingerprint density at radius 3 is 2.47 bits per heavy atom. The van der Waals surface area contributed by atoms with Crippen LogP contribution in [0.2, 0.25) is 0 Å². The number of hydrogen-bond donors (Lipinski definition) is 1. The highest BCUT2D eigenvalue weighted by Crippen LogP contribution is 2.37. The highest BCUT2D eigenvalue weighted by atomic mass is 16.5. The minimum absolute atomic E-state index is 0.717. The van der Waals surface area contributed by atoms with Gasteiger partial charge in [-0.25, -0.2) is 0 Å². The molecule has 1 fully saturated rings. The predicted octanol–water partition coefficient (Wildman–Crippen LogP) is 2.48. The highest BCUT2D eigenvalue weighted by molar-refractivity contribution is 5.30. The fraction of sp³-hybridized carbons (Fsp3) is 0.625. The van der Waals surface area contributed by atoms with Gasteiger partial charge in [-0.1, -0.05) is 12.1 Å². The highest BCUT2D eigenvalue weighted by Gasteiger charge is 2.29. The van der Waals surface area contributed by atoms with Crippen molar-refractivity contribution >= 4 is 0 Å². The van der Waals surface area contributed by atoms with Gasteiger partial charge in [-0.15, -0.1) is 0 Å². The molecule has 1 N–H and O–H groups in total. The number of methoxy groups -OCH3 is 1. The predicted molar refractivity (Wildman–Crippen MR) is 79.9 cm³/mol. The second kappa shape index (κ2) is 6.92. The van der Waals surface area contributed by atoms with Gasteiger partial charge >= 0.3 is 0 Å². The molecule has 0 atom stereocenters. The average molecular weight is 262 g/mol. The van der Waals surface area contributed by atoms with E-state index < -0.39 is 0 Å². The molecular weight excluding hydrogens is 236 g/mol. The first kappa shape index (κ1) is 14.4. The summed E-state index contributed by atoms with van der Waals surface area (Å²) in [5.41, 5.74) is 1.45. The molecule has 3 nitrogen and oxygen atoms in total. The van der Waals surface area contributed by atoms with Crippen LogP contribution in [0.1, 0.15) is 30.7 Å². The van der Waals surface area contributed by atoms with Crippen molar-refractivity contribution in [1.29, 1.82) is 0 Å². The first-order valence-corrected chi connectivity index (χ1v) is 7.21. The van der Waals surface area contributed by atoms with Crippen LogP contribution in [0.15, 0.2) is 24.3 Å². The van der Waals surface area contributed by atoms with E-state index in [0.29, 0.717) is 6.04 Å². The van der Waals surface area contributed by atoms with E-state index in [1.54, 1.807) is 7.11 Å². The van der Waals surface area contributed by atoms with Crippen molar-refractivity contribution in [1.82, 2.24) is 10.2 Å². The van der Waals surface area contributed by atoms with Gasteiger partial charge < -0.3 is 15.0 Å². The third kappa shape index (κ3) is 4.22. The van der Waals surface area contributed by atoms with Gasteiger partial charge in [0.1, 0.15) is 5.75 Å². The van der Waals surface area contributed by atoms with Crippen molar-refractivity contribution in [2.45, 2.75) is 31.2 Å². The zero-order valence-electron chi connectivity index (χ0n) is 12.4. The molecule has 0 spiro atoms. The Balaban J connectivity index is 1.65. The summed E-state index contributed by atoms with van der Waals surface area (Å²) in [7, 11) is 5.97. The quantitative estimate of drug-likeness (QED) is 0.764. The Morgan fingerprint density at radius 1 is 1.21 bits per heavy atom. The molecule has 1 aliphatic rings. The van der Waals surface area contributed by atoms with Crippen LogP contribution in [-0.4, -0.2) is 45.2 Å². The summed E-state index contributed by atoms with van der Waals surface area (Å²) in [5, 5.41) is 3.65. The van der Waals surface area contributed by atoms with Gasteiger partial charge in [-0.05, 0) is 70.1 Å². The number of nitrogens with zero attached hydrogens (tertiary/aromatic N) is 1. The second-order valence-corrected chi connectivity index (χ2v) is 5.75. The zero-order chi connectivity index (χ0) is 13.7. The number of ether oxygens (including phenoxy) is 1. The lowest BCUT2D eigenvalue weighted by atomic mass is 9.76. The van der Waals surface area contributed by atoms with Crippen molar-refractivity contribution in [3.63, 3.8) is 0 Å². The van der Waals surface area contributed by atoms with Gasteiger partial charge in [0.15, 0.2) is 0 Å². The molecular formula is C16H26N2O. The summed E-state index contributed by atoms with van der Waals surface area (Å²) in [5.74, 6) is 1.68. The summed E-state index contributed by atoms with van der Waals surface area (Å²) < 4.78 is 5.19. The topological polar surface area (TPSA) is 24.5 Å². The molecule has 0 amide bonds. The van der Waals surface area contributed by atoms with Crippen LogP contribution >= 0.6 is 0 Å². The Kier molecular flexibility index (Phi) is 5.23. The maximum Gasteiger partial charge on any atom is 0.118 e. The lowest BCUT2D eigenvalue weighted by molar-refractivity contribution is 0.284. The molecule has 19 heavy (non-hydrogen) atoms. The molecule has 1 aromatic carbocycles. The van der Waals surface area contributed by atoms with E-state index in [0.717, 1.165) is 18.2 Å². The van der Waals surface area contributed by atoms with Gasteiger partial charge in [0.2, 0.25) is 0 Å². The molecule has 3 heteroatoms. The Bertz CT molecular complexity index is 369. The summed E-state index contributed by atoms with van der Waals surface area (Å²) in [6, 6.07) is 9.24. The van der Waals surface area contributed by atoms with Gasteiger partial charge in [0.25, 0.3) is 0 Å². The summed E-state index contributed by atoms with van der Waals surface area (Å²) in [6.07, 6.45) is 3.78. The Labute approximate surface area is 116 Å². The van der Waals surface area contributed by atoms with Crippen LogP contribution in [0, 0.1) is 0 Å². The molecule has 106 valence electrons. The van der Waals surface area contributed by atoms with E-state index in [9.17, 15) is 0 Å². The van der Waals surface area contributed by atoms with Crippen LogP contribution in [0.25, 0.3) is 0 Å². The summed E-state index contributed by atoms with van der Waals surface area (Å²) >= 11 is 0. The largest absolute Gasteiger partial charge is 0.497 e. The first-order valence-electron chi connectivity index (χ1n) is 7.21. The third-order valence-corrected chi connectivity index (χ3v) is 3.94. The average Bonchev–Trinajstić information content (AvgIpc) is 2.36. The van der Waals surface area contributed by atoms with E-state index in [1.165, 1.54) is 31.4 Å². The molecule has 1 saturated carbocycles. The maximum absolute atomic E-state index is 5.19. The molecule has 0 heterocycles. The van der Waals surface area contributed by atoms with E-state index >= 15 is 0 Å². The number of rotatable bonds is 7. The molecule has 0 saturated heterocycles. The molecule has 1 aliphatic carbocycles. The number of hydrogen-bond acceptors (Lipinski definition) is 3. The minimum Gasteiger partial charge on any atom is -0.497 e. The van der Waals surface area contributed by atoms with Crippen molar-refractivity contribution in [3.05, 3.63) is 29.8 Å². The standard InChI is InChI=1S/C16H26N2O/c1-18(2)10-4-9-17-15-11-14(12-15)13-5-7-16(19-3)8-6-13/h5-8,14-15,17H,4,9-12H2,1-3H3. The number of nitrogens with one attached hydrogen (secondary N) is 1. The van der Waals surface area contributed by atoms with Gasteiger partial charge in [-0.3, -0.25) is 0 Å². The van der Waals surface area contributed by atoms with Crippen molar-refractivity contribution in [2.24, 2.45) is 0 Å². The van der Waals surface area contributed by atoms with E-state index in [4.69, 9.17) is 4.74 Å². The fourth-order valence-corrected chi connectivity index (χ4v) is 2.63. The molecule has 1 aromatic rings. The molecule has 0 bridgehead atoms. The first-order chi connectivity index (χ1) is 9.19. The smallest absolute Gasteiger partial charge is 0.118 e. The monoisotopic (exact) mass is 262 g/mol. The van der Waals surface area contributed by atoms with Crippen LogP contribution in [0.3, 0.4) is 0 Å². The molecule has 2 rings (SSSR count). The van der Waals surface area contributed by atoms with Crippen molar-refractivity contribution in [3.8, 4) is 5.75 Å². The second-order valence-electron chi connectivity index (χ2n) is 5.75. The van der Waals surface area contributed by atoms with E-state index in [1.807, 2.05) is 0 Å². The third-order valence-electron chi connectivity index (χ3n) is 3.94. The van der Waals surface area contributed by atoms with E-state index in [-0.39, 0.29) is 0 Å². The van der Waals surface area contributed by atoms with Gasteiger partial charge in [-0.2, -0.15) is 0 Å². The Hall–Kier alpha value is -1.06. The SMILES string of the molecule is COc1ccc(C2CC(NCCCN(C)C)C2)cc1. The normalized spacial score (nSPS) is 22.3. The van der Waals surface area contributed by atoms with Crippen LogP contribution in [0.4, 0.5) is 0 Å².